The van der Waals surface area contributed by atoms with Crippen LogP contribution in [0.5, 0.6) is 5.75 Å². The predicted molar refractivity (Wildman–Crippen MR) is 121 cm³/mol. The van der Waals surface area contributed by atoms with Gasteiger partial charge in [-0.1, -0.05) is 48.0 Å². The molecule has 3 aromatic rings. The van der Waals surface area contributed by atoms with E-state index in [0.717, 1.165) is 5.56 Å². The van der Waals surface area contributed by atoms with E-state index in [1.54, 1.807) is 60.5 Å². The van der Waals surface area contributed by atoms with Crippen molar-refractivity contribution in [1.29, 1.82) is 0 Å². The molecule has 0 atom stereocenters. The summed E-state index contributed by atoms with van der Waals surface area (Å²) in [5.41, 5.74) is 2.60. The van der Waals surface area contributed by atoms with Crippen molar-refractivity contribution in [2.45, 2.75) is 13.1 Å². The maximum Gasteiger partial charge on any atom is 0.261 e. The van der Waals surface area contributed by atoms with Crippen molar-refractivity contribution in [3.63, 3.8) is 0 Å². The lowest BCUT2D eigenvalue weighted by atomic mass is 10.1. The van der Waals surface area contributed by atoms with Gasteiger partial charge in [0.2, 0.25) is 0 Å². The van der Waals surface area contributed by atoms with Gasteiger partial charge in [0.25, 0.3) is 17.7 Å². The lowest BCUT2D eigenvalue weighted by Gasteiger charge is -2.21. The summed E-state index contributed by atoms with van der Waals surface area (Å²) in [7, 11) is 3.17. The normalized spacial score (nSPS) is 12.7. The molecule has 3 aromatic carbocycles. The summed E-state index contributed by atoms with van der Waals surface area (Å²) >= 11 is 6.23. The largest absolute Gasteiger partial charge is 0.496 e. The van der Waals surface area contributed by atoms with Crippen molar-refractivity contribution in [3.05, 3.63) is 99.6 Å². The van der Waals surface area contributed by atoms with E-state index in [9.17, 15) is 14.4 Å². The zero-order valence-electron chi connectivity index (χ0n) is 17.7. The molecule has 0 aromatic heterocycles. The SMILES string of the molecule is COc1ccc(CN2C(=O)c3ccccc3C2=O)cc1C(=O)N(C)Cc1ccccc1Cl. The number of carbonyl (C=O) groups is 3. The van der Waals surface area contributed by atoms with Gasteiger partial charge in [-0.3, -0.25) is 19.3 Å². The van der Waals surface area contributed by atoms with Crippen LogP contribution in [0.15, 0.2) is 66.7 Å². The second-order valence-electron chi connectivity index (χ2n) is 7.53. The number of benzene rings is 3. The number of fused-ring (bicyclic) bond motifs is 1. The molecule has 0 bridgehead atoms. The van der Waals surface area contributed by atoms with Crippen molar-refractivity contribution in [2.24, 2.45) is 0 Å². The van der Waals surface area contributed by atoms with Crippen LogP contribution in [0, 0.1) is 0 Å². The summed E-state index contributed by atoms with van der Waals surface area (Å²) in [6.45, 7) is 0.384. The molecule has 0 unspecified atom stereocenters. The van der Waals surface area contributed by atoms with Crippen LogP contribution in [0.2, 0.25) is 5.02 Å². The average Bonchev–Trinajstić information content (AvgIpc) is 3.05. The first-order valence-corrected chi connectivity index (χ1v) is 10.4. The molecule has 0 aliphatic carbocycles. The number of nitrogens with zero attached hydrogens (tertiary/aromatic N) is 2. The first-order valence-electron chi connectivity index (χ1n) is 10.0. The molecule has 1 heterocycles. The highest BCUT2D eigenvalue weighted by atomic mass is 35.5. The number of carbonyl (C=O) groups excluding carboxylic acids is 3. The van der Waals surface area contributed by atoms with Crippen LogP contribution in [-0.4, -0.2) is 41.7 Å². The van der Waals surface area contributed by atoms with Gasteiger partial charge >= 0.3 is 0 Å². The molecule has 32 heavy (non-hydrogen) atoms. The van der Waals surface area contributed by atoms with Crippen LogP contribution >= 0.6 is 11.6 Å². The van der Waals surface area contributed by atoms with Gasteiger partial charge in [0.05, 0.1) is 30.3 Å². The molecule has 6 nitrogen and oxygen atoms in total. The Labute approximate surface area is 191 Å². The van der Waals surface area contributed by atoms with Crippen LogP contribution in [0.25, 0.3) is 0 Å². The van der Waals surface area contributed by atoms with Gasteiger partial charge in [0, 0.05) is 18.6 Å². The quantitative estimate of drug-likeness (QED) is 0.524. The monoisotopic (exact) mass is 448 g/mol. The number of ether oxygens (including phenoxy) is 1. The number of imide groups is 1. The molecular formula is C25H21ClN2O4. The zero-order valence-corrected chi connectivity index (χ0v) is 18.4. The Morgan fingerprint density at radius 1 is 0.969 bits per heavy atom. The van der Waals surface area contributed by atoms with E-state index < -0.39 is 0 Å². The van der Waals surface area contributed by atoms with Crippen molar-refractivity contribution >= 4 is 29.3 Å². The first kappa shape index (κ1) is 21.6. The maximum atomic E-state index is 13.2. The third-order valence-corrected chi connectivity index (χ3v) is 5.79. The summed E-state index contributed by atoms with van der Waals surface area (Å²) in [4.78, 5) is 41.3. The maximum absolute atomic E-state index is 13.2. The molecule has 1 aliphatic rings. The van der Waals surface area contributed by atoms with Gasteiger partial charge in [-0.15, -0.1) is 0 Å². The van der Waals surface area contributed by atoms with Gasteiger partial charge < -0.3 is 9.64 Å². The summed E-state index contributed by atoms with van der Waals surface area (Å²) < 4.78 is 5.39. The van der Waals surface area contributed by atoms with Crippen LogP contribution in [0.3, 0.4) is 0 Å². The number of hydrogen-bond donors (Lipinski definition) is 0. The van der Waals surface area contributed by atoms with Crippen molar-refractivity contribution < 1.29 is 19.1 Å². The van der Waals surface area contributed by atoms with Gasteiger partial charge in [-0.05, 0) is 41.5 Å². The Morgan fingerprint density at radius 3 is 2.22 bits per heavy atom. The Hall–Kier alpha value is -3.64. The van der Waals surface area contributed by atoms with E-state index in [2.05, 4.69) is 0 Å². The highest BCUT2D eigenvalue weighted by molar-refractivity contribution is 6.31. The molecule has 0 spiro atoms. The summed E-state index contributed by atoms with van der Waals surface area (Å²) in [6.07, 6.45) is 0. The number of halogens is 1. The molecule has 0 saturated heterocycles. The third-order valence-electron chi connectivity index (χ3n) is 5.43. The van der Waals surface area contributed by atoms with Crippen LogP contribution in [0.1, 0.15) is 42.2 Å². The summed E-state index contributed by atoms with van der Waals surface area (Å²) in [6, 6.07) is 19.2. The lowest BCUT2D eigenvalue weighted by molar-refractivity contribution is 0.0642. The van der Waals surface area contributed by atoms with Gasteiger partial charge in [-0.2, -0.15) is 0 Å². The minimum Gasteiger partial charge on any atom is -0.496 e. The molecule has 3 amide bonds. The van der Waals surface area contributed by atoms with Crippen molar-refractivity contribution in [2.75, 3.05) is 14.2 Å². The number of hydrogen-bond acceptors (Lipinski definition) is 4. The van der Waals surface area contributed by atoms with E-state index in [0.29, 0.717) is 39.6 Å². The number of methoxy groups -OCH3 is 1. The molecule has 7 heteroatoms. The van der Waals surface area contributed by atoms with E-state index in [1.807, 2.05) is 18.2 Å². The topological polar surface area (TPSA) is 66.9 Å². The molecule has 0 saturated carbocycles. The van der Waals surface area contributed by atoms with Crippen LogP contribution < -0.4 is 4.74 Å². The molecule has 0 N–H and O–H groups in total. The number of rotatable bonds is 6. The molecule has 0 fully saturated rings. The van der Waals surface area contributed by atoms with Crippen molar-refractivity contribution in [1.82, 2.24) is 9.80 Å². The molecule has 0 radical (unpaired) electrons. The summed E-state index contributed by atoms with van der Waals surface area (Å²) in [5, 5.41) is 0.582. The molecular weight excluding hydrogens is 428 g/mol. The highest BCUT2D eigenvalue weighted by Gasteiger charge is 2.35. The molecule has 1 aliphatic heterocycles. The summed E-state index contributed by atoms with van der Waals surface area (Å²) in [5.74, 6) is -0.534. The Morgan fingerprint density at radius 2 is 1.59 bits per heavy atom. The third kappa shape index (κ3) is 3.97. The van der Waals surface area contributed by atoms with Crippen LogP contribution in [0.4, 0.5) is 0 Å². The fourth-order valence-electron chi connectivity index (χ4n) is 3.75. The molecule has 4 rings (SSSR count). The van der Waals surface area contributed by atoms with Gasteiger partial charge in [0.15, 0.2) is 0 Å². The Kier molecular flexibility index (Phi) is 5.97. The minimum absolute atomic E-state index is 0.0604. The number of amides is 3. The second-order valence-corrected chi connectivity index (χ2v) is 7.94. The second kappa shape index (κ2) is 8.85. The van der Waals surface area contributed by atoms with E-state index in [1.165, 1.54) is 12.0 Å². The Bertz CT molecular complexity index is 1190. The van der Waals surface area contributed by atoms with E-state index >= 15 is 0 Å². The van der Waals surface area contributed by atoms with E-state index in [4.69, 9.17) is 16.3 Å². The Balaban J connectivity index is 1.58. The smallest absolute Gasteiger partial charge is 0.261 e. The van der Waals surface area contributed by atoms with Crippen LogP contribution in [-0.2, 0) is 13.1 Å². The highest BCUT2D eigenvalue weighted by Crippen LogP contribution is 2.27. The van der Waals surface area contributed by atoms with Gasteiger partial charge in [-0.25, -0.2) is 0 Å². The average molecular weight is 449 g/mol. The fourth-order valence-corrected chi connectivity index (χ4v) is 3.94. The minimum atomic E-state index is -0.342. The predicted octanol–water partition coefficient (Wildman–Crippen LogP) is 4.42. The zero-order chi connectivity index (χ0) is 22.8. The lowest BCUT2D eigenvalue weighted by Crippen LogP contribution is -2.30. The fraction of sp³-hybridized carbons (Fsp3) is 0.160. The van der Waals surface area contributed by atoms with Gasteiger partial charge in [0.1, 0.15) is 5.75 Å². The molecule has 162 valence electrons. The standard InChI is InChI=1S/C25H21ClN2O4/c1-27(15-17-7-3-6-10-21(17)26)23(29)20-13-16(11-12-22(20)32-2)14-28-24(30)18-8-4-5-9-19(18)25(28)31/h3-13H,14-15H2,1-2H3. The van der Waals surface area contributed by atoms with Crippen molar-refractivity contribution in [3.8, 4) is 5.75 Å². The first-order chi connectivity index (χ1) is 15.4. The van der Waals surface area contributed by atoms with E-state index in [-0.39, 0.29) is 24.3 Å².